The van der Waals surface area contributed by atoms with Gasteiger partial charge in [0.15, 0.2) is 0 Å². The highest BCUT2D eigenvalue weighted by atomic mass is 35.5. The molecule has 2 aliphatic heterocycles. The maximum absolute atomic E-state index is 13.7. The second kappa shape index (κ2) is 12.1. The normalized spacial score (nSPS) is 26.5. The van der Waals surface area contributed by atoms with Gasteiger partial charge in [-0.3, -0.25) is 14.5 Å². The molecule has 0 aromatic heterocycles. The van der Waals surface area contributed by atoms with Gasteiger partial charge in [0.1, 0.15) is 0 Å². The molecule has 4 rings (SSSR count). The van der Waals surface area contributed by atoms with E-state index < -0.39 is 23.1 Å². The lowest BCUT2D eigenvalue weighted by molar-refractivity contribution is -0.147. The van der Waals surface area contributed by atoms with Crippen LogP contribution in [0.15, 0.2) is 18.2 Å². The summed E-state index contributed by atoms with van der Waals surface area (Å²) in [6.07, 6.45) is 3.24. The number of carboxylic acids is 1. The minimum atomic E-state index is -4.56. The number of benzene rings is 1. The molecule has 0 unspecified atom stereocenters. The van der Waals surface area contributed by atoms with E-state index in [4.69, 9.17) is 11.6 Å². The van der Waals surface area contributed by atoms with Crippen molar-refractivity contribution in [1.29, 1.82) is 0 Å². The molecule has 10 heteroatoms. The average Bonchev–Trinajstić information content (AvgIpc) is 3.16. The lowest BCUT2D eigenvalue weighted by Crippen LogP contribution is -2.53. The maximum Gasteiger partial charge on any atom is 0.416 e. The Bertz CT molecular complexity index is 993. The van der Waals surface area contributed by atoms with Crippen molar-refractivity contribution in [3.05, 3.63) is 34.3 Å². The topological polar surface area (TPSA) is 72.9 Å². The van der Waals surface area contributed by atoms with Crippen LogP contribution in [0.4, 0.5) is 13.2 Å². The first kappa shape index (κ1) is 29.2. The largest absolute Gasteiger partial charge is 0.481 e. The molecular formula is C28H39ClF3N3O3. The zero-order chi connectivity index (χ0) is 27.5. The molecule has 1 aromatic carbocycles. The van der Waals surface area contributed by atoms with Crippen LogP contribution in [0.1, 0.15) is 69.4 Å². The first-order valence-electron chi connectivity index (χ1n) is 13.8. The summed E-state index contributed by atoms with van der Waals surface area (Å²) in [5.41, 5.74) is -2.08. The summed E-state index contributed by atoms with van der Waals surface area (Å²) in [5.74, 6) is -0.988. The van der Waals surface area contributed by atoms with Gasteiger partial charge in [0.2, 0.25) is 5.91 Å². The van der Waals surface area contributed by atoms with E-state index in [0.29, 0.717) is 6.54 Å². The maximum atomic E-state index is 13.7. The predicted octanol–water partition coefficient (Wildman–Crippen LogP) is 5.43. The van der Waals surface area contributed by atoms with Crippen molar-refractivity contribution >= 4 is 23.5 Å². The number of aliphatic carboxylic acids is 1. The number of alkyl halides is 3. The molecule has 2 saturated heterocycles. The summed E-state index contributed by atoms with van der Waals surface area (Å²) in [5, 5.41) is 12.8. The van der Waals surface area contributed by atoms with Gasteiger partial charge >= 0.3 is 12.1 Å². The Morgan fingerprint density at radius 1 is 1.11 bits per heavy atom. The van der Waals surface area contributed by atoms with Crippen molar-refractivity contribution in [2.45, 2.75) is 77.1 Å². The molecule has 212 valence electrons. The number of carbonyl (C=O) groups is 2. The summed E-state index contributed by atoms with van der Waals surface area (Å²) >= 11 is 6.17. The van der Waals surface area contributed by atoms with Crippen molar-refractivity contribution in [2.24, 2.45) is 17.3 Å². The number of nitrogens with one attached hydrogen (secondary N) is 1. The fraction of sp³-hybridized carbons (Fsp3) is 0.714. The molecule has 2 N–H and O–H groups in total. The van der Waals surface area contributed by atoms with Gasteiger partial charge in [0.05, 0.1) is 17.4 Å². The van der Waals surface area contributed by atoms with Crippen molar-refractivity contribution < 1.29 is 27.9 Å². The molecule has 6 nitrogen and oxygen atoms in total. The van der Waals surface area contributed by atoms with Crippen molar-refractivity contribution in [2.75, 3.05) is 32.7 Å². The van der Waals surface area contributed by atoms with E-state index in [9.17, 15) is 27.9 Å². The fourth-order valence-corrected chi connectivity index (χ4v) is 6.94. The third-order valence-electron chi connectivity index (χ3n) is 8.87. The van der Waals surface area contributed by atoms with Crippen molar-refractivity contribution in [1.82, 2.24) is 15.1 Å². The third kappa shape index (κ3) is 6.83. The van der Waals surface area contributed by atoms with Gasteiger partial charge in [-0.25, -0.2) is 0 Å². The minimum absolute atomic E-state index is 0.00708. The SMILES string of the molecule is C[C@H]1CN(Cc2c(Cl)cccc2C(F)(F)F)C[C@@]1(CC(=O)O)C(=O)NC1CCN(CC2CCCCC2)CC1. The number of carbonyl (C=O) groups excluding carboxylic acids is 1. The summed E-state index contributed by atoms with van der Waals surface area (Å²) in [4.78, 5) is 29.7. The first-order chi connectivity index (χ1) is 18.0. The molecule has 3 fully saturated rings. The highest BCUT2D eigenvalue weighted by Gasteiger charge is 2.52. The summed E-state index contributed by atoms with van der Waals surface area (Å²) in [6, 6.07) is 3.66. The molecule has 1 aliphatic carbocycles. The lowest BCUT2D eigenvalue weighted by Gasteiger charge is -2.37. The van der Waals surface area contributed by atoms with Crippen LogP contribution in [-0.4, -0.2) is 65.5 Å². The van der Waals surface area contributed by atoms with Crippen LogP contribution in [0, 0.1) is 17.3 Å². The van der Waals surface area contributed by atoms with Crippen LogP contribution in [-0.2, 0) is 22.3 Å². The molecule has 1 saturated carbocycles. The lowest BCUT2D eigenvalue weighted by atomic mass is 9.75. The van der Waals surface area contributed by atoms with E-state index in [1.807, 2.05) is 6.92 Å². The molecule has 2 atom stereocenters. The summed E-state index contributed by atoms with van der Waals surface area (Å²) in [7, 11) is 0. The number of amides is 1. The van der Waals surface area contributed by atoms with Gasteiger partial charge in [0, 0.05) is 50.3 Å². The Morgan fingerprint density at radius 3 is 2.42 bits per heavy atom. The van der Waals surface area contributed by atoms with Crippen molar-refractivity contribution in [3.8, 4) is 0 Å². The van der Waals surface area contributed by atoms with Gasteiger partial charge in [0.25, 0.3) is 0 Å². The van der Waals surface area contributed by atoms with Crippen LogP contribution >= 0.6 is 11.6 Å². The molecule has 2 heterocycles. The zero-order valence-electron chi connectivity index (χ0n) is 22.0. The number of hydrogen-bond donors (Lipinski definition) is 2. The highest BCUT2D eigenvalue weighted by Crippen LogP contribution is 2.42. The van der Waals surface area contributed by atoms with Crippen LogP contribution in [0.5, 0.6) is 0 Å². The van der Waals surface area contributed by atoms with Gasteiger partial charge in [-0.1, -0.05) is 43.9 Å². The number of likely N-dealkylation sites (tertiary alicyclic amines) is 2. The Balaban J connectivity index is 1.41. The molecular weight excluding hydrogens is 519 g/mol. The molecule has 3 aliphatic rings. The molecule has 0 radical (unpaired) electrons. The Kier molecular flexibility index (Phi) is 9.30. The number of hydrogen-bond acceptors (Lipinski definition) is 4. The van der Waals surface area contributed by atoms with E-state index in [1.165, 1.54) is 44.2 Å². The highest BCUT2D eigenvalue weighted by molar-refractivity contribution is 6.31. The van der Waals surface area contributed by atoms with Gasteiger partial charge < -0.3 is 15.3 Å². The number of piperidine rings is 1. The molecule has 1 aromatic rings. The standard InChI is InChI=1S/C28H39ClF3N3O3/c1-19-15-35(17-22-23(28(30,31)32)8-5-9-24(22)29)18-27(19,14-25(36)37)26(38)33-21-10-12-34(13-11-21)16-20-6-3-2-4-7-20/h5,8-9,19-21H,2-4,6-7,10-18H2,1H3,(H,33,38)(H,36,37)/t19-,27+/m0/s1. The number of nitrogens with zero attached hydrogens (tertiary/aromatic N) is 2. The summed E-state index contributed by atoms with van der Waals surface area (Å²) in [6.45, 7) is 5.00. The first-order valence-corrected chi connectivity index (χ1v) is 14.2. The second-order valence-corrected chi connectivity index (χ2v) is 12.0. The smallest absolute Gasteiger partial charge is 0.416 e. The average molecular weight is 558 g/mol. The Morgan fingerprint density at radius 2 is 1.79 bits per heavy atom. The van der Waals surface area contributed by atoms with Gasteiger partial charge in [-0.15, -0.1) is 0 Å². The molecule has 1 amide bonds. The van der Waals surface area contributed by atoms with E-state index in [0.717, 1.165) is 44.5 Å². The Labute approximate surface area is 227 Å². The van der Waals surface area contributed by atoms with Crippen LogP contribution in [0.25, 0.3) is 0 Å². The third-order valence-corrected chi connectivity index (χ3v) is 9.22. The van der Waals surface area contributed by atoms with E-state index in [2.05, 4.69) is 10.2 Å². The van der Waals surface area contributed by atoms with E-state index in [1.54, 1.807) is 4.90 Å². The van der Waals surface area contributed by atoms with Crippen molar-refractivity contribution in [3.63, 3.8) is 0 Å². The Hall–Kier alpha value is -1.84. The van der Waals surface area contributed by atoms with Gasteiger partial charge in [-0.05, 0) is 55.2 Å². The monoisotopic (exact) mass is 557 g/mol. The van der Waals surface area contributed by atoms with Crippen LogP contribution in [0.3, 0.4) is 0 Å². The summed E-state index contributed by atoms with van der Waals surface area (Å²) < 4.78 is 40.9. The predicted molar refractivity (Wildman–Crippen MR) is 140 cm³/mol. The number of rotatable bonds is 8. The fourth-order valence-electron chi connectivity index (χ4n) is 6.71. The van der Waals surface area contributed by atoms with E-state index >= 15 is 0 Å². The molecule has 0 spiro atoms. The zero-order valence-corrected chi connectivity index (χ0v) is 22.8. The van der Waals surface area contributed by atoms with E-state index in [-0.39, 0.29) is 48.0 Å². The van der Waals surface area contributed by atoms with Crippen LogP contribution in [0.2, 0.25) is 5.02 Å². The second-order valence-electron chi connectivity index (χ2n) is 11.6. The quantitative estimate of drug-likeness (QED) is 0.446. The van der Waals surface area contributed by atoms with Crippen LogP contribution < -0.4 is 5.32 Å². The molecule has 38 heavy (non-hydrogen) atoms. The number of carboxylic acid groups (broad SMARTS) is 1. The molecule has 0 bridgehead atoms. The van der Waals surface area contributed by atoms with Gasteiger partial charge in [-0.2, -0.15) is 13.2 Å². The minimum Gasteiger partial charge on any atom is -0.481 e. The number of halogens is 4.